The van der Waals surface area contributed by atoms with Gasteiger partial charge in [-0.2, -0.15) is 10.1 Å². The Balaban J connectivity index is 1.19. The van der Waals surface area contributed by atoms with Crippen LogP contribution in [0.15, 0.2) is 67.5 Å². The van der Waals surface area contributed by atoms with Gasteiger partial charge in [-0.15, -0.1) is 6.58 Å². The topological polar surface area (TPSA) is 120 Å². The molecule has 2 aromatic heterocycles. The number of amides is 1. The molecular weight excluding hydrogens is 528 g/mol. The highest BCUT2D eigenvalue weighted by Gasteiger charge is 2.34. The fourth-order valence-electron chi connectivity index (χ4n) is 6.19. The number of allylic oxidation sites excluding steroid dienone is 1. The monoisotopic (exact) mass is 564 g/mol. The second kappa shape index (κ2) is 11.1. The van der Waals surface area contributed by atoms with Crippen LogP contribution in [0.25, 0.3) is 10.9 Å². The smallest absolute Gasteiger partial charge is 0.229 e. The van der Waals surface area contributed by atoms with Crippen molar-refractivity contribution in [3.05, 3.63) is 78.6 Å². The third-order valence-corrected chi connectivity index (χ3v) is 8.53. The molecule has 10 heteroatoms. The zero-order valence-corrected chi connectivity index (χ0v) is 23.5. The Morgan fingerprint density at radius 1 is 1.14 bits per heavy atom. The van der Waals surface area contributed by atoms with Crippen molar-refractivity contribution in [1.82, 2.24) is 25.1 Å². The summed E-state index contributed by atoms with van der Waals surface area (Å²) in [6.45, 7) is 5.99. The van der Waals surface area contributed by atoms with Crippen LogP contribution in [0.2, 0.25) is 0 Å². The second-order valence-electron chi connectivity index (χ2n) is 11.6. The van der Waals surface area contributed by atoms with Gasteiger partial charge in [-0.3, -0.25) is 9.48 Å². The van der Waals surface area contributed by atoms with E-state index in [1.807, 2.05) is 53.5 Å². The molecule has 4 aromatic rings. The van der Waals surface area contributed by atoms with Crippen LogP contribution in [0, 0.1) is 5.92 Å². The van der Waals surface area contributed by atoms with Gasteiger partial charge >= 0.3 is 0 Å². The van der Waals surface area contributed by atoms with E-state index in [9.17, 15) is 9.90 Å². The lowest BCUT2D eigenvalue weighted by molar-refractivity contribution is -0.123. The SMILES string of the molecule is C=CCn1ncc2ccc(Nc3ncc(N4CCC[C@H](NC(=O)C5CC5)C4)c(N[C@H]4c5ccccc5C[C@H]4O)n3)cc21. The molecule has 2 aromatic carbocycles. The van der Waals surface area contributed by atoms with Crippen LogP contribution in [0.5, 0.6) is 0 Å². The van der Waals surface area contributed by atoms with Crippen molar-refractivity contribution in [3.8, 4) is 0 Å². The zero-order chi connectivity index (χ0) is 28.6. The summed E-state index contributed by atoms with van der Waals surface area (Å²) in [5.41, 5.74) is 4.93. The van der Waals surface area contributed by atoms with Crippen LogP contribution in [0.3, 0.4) is 0 Å². The summed E-state index contributed by atoms with van der Waals surface area (Å²) in [6, 6.07) is 14.0. The second-order valence-corrected chi connectivity index (χ2v) is 11.6. The number of aliphatic hydroxyl groups excluding tert-OH is 1. The van der Waals surface area contributed by atoms with Crippen LogP contribution in [0.4, 0.5) is 23.1 Å². The quantitative estimate of drug-likeness (QED) is 0.222. The fraction of sp³-hybridized carbons (Fsp3) is 0.375. The first-order valence-corrected chi connectivity index (χ1v) is 14.8. The maximum absolute atomic E-state index is 12.5. The number of hydrogen-bond donors (Lipinski definition) is 4. The van der Waals surface area contributed by atoms with Gasteiger partial charge in [-0.25, -0.2) is 4.98 Å². The molecule has 7 rings (SSSR count). The van der Waals surface area contributed by atoms with Crippen LogP contribution >= 0.6 is 0 Å². The van der Waals surface area contributed by atoms with E-state index in [1.165, 1.54) is 0 Å². The first-order valence-electron chi connectivity index (χ1n) is 14.8. The molecule has 3 atom stereocenters. The molecule has 2 fully saturated rings. The summed E-state index contributed by atoms with van der Waals surface area (Å²) in [6.07, 6.45) is 9.44. The molecule has 10 nitrogen and oxygen atoms in total. The molecule has 1 amide bonds. The summed E-state index contributed by atoms with van der Waals surface area (Å²) in [5, 5.41) is 26.7. The number of anilines is 4. The minimum Gasteiger partial charge on any atom is -0.390 e. The molecule has 3 heterocycles. The summed E-state index contributed by atoms with van der Waals surface area (Å²) >= 11 is 0. The van der Waals surface area contributed by atoms with E-state index >= 15 is 0 Å². The predicted octanol–water partition coefficient (Wildman–Crippen LogP) is 4.32. The number of hydrogen-bond acceptors (Lipinski definition) is 8. The maximum Gasteiger partial charge on any atom is 0.229 e. The summed E-state index contributed by atoms with van der Waals surface area (Å²) in [5.74, 6) is 1.46. The lowest BCUT2D eigenvalue weighted by atomic mass is 10.0. The lowest BCUT2D eigenvalue weighted by Crippen LogP contribution is -2.48. The molecule has 0 radical (unpaired) electrons. The van der Waals surface area contributed by atoms with Gasteiger partial charge in [0, 0.05) is 42.5 Å². The number of carbonyl (C=O) groups is 1. The molecule has 1 aliphatic heterocycles. The Morgan fingerprint density at radius 3 is 2.88 bits per heavy atom. The molecule has 42 heavy (non-hydrogen) atoms. The van der Waals surface area contributed by atoms with Gasteiger partial charge in [0.15, 0.2) is 5.82 Å². The number of rotatable bonds is 9. The molecule has 0 spiro atoms. The Labute approximate surface area is 244 Å². The molecule has 1 saturated carbocycles. The number of nitrogens with zero attached hydrogens (tertiary/aromatic N) is 5. The van der Waals surface area contributed by atoms with Crippen molar-refractivity contribution < 1.29 is 9.90 Å². The van der Waals surface area contributed by atoms with Crippen molar-refractivity contribution in [2.75, 3.05) is 28.6 Å². The molecule has 216 valence electrons. The van der Waals surface area contributed by atoms with Gasteiger partial charge in [0.25, 0.3) is 0 Å². The molecule has 4 N–H and O–H groups in total. The van der Waals surface area contributed by atoms with E-state index in [0.717, 1.165) is 65.6 Å². The van der Waals surface area contributed by atoms with Crippen molar-refractivity contribution >= 4 is 40.0 Å². The summed E-state index contributed by atoms with van der Waals surface area (Å²) < 4.78 is 1.90. The average Bonchev–Trinajstić information content (AvgIpc) is 3.72. The normalized spacial score (nSPS) is 21.6. The highest BCUT2D eigenvalue weighted by molar-refractivity contribution is 5.83. The van der Waals surface area contributed by atoms with Gasteiger partial charge in [0.2, 0.25) is 11.9 Å². The summed E-state index contributed by atoms with van der Waals surface area (Å²) in [4.78, 5) is 24.4. The number of aliphatic hydroxyl groups is 1. The van der Waals surface area contributed by atoms with E-state index in [0.29, 0.717) is 31.3 Å². The number of piperidine rings is 1. The Kier molecular flexibility index (Phi) is 6.99. The van der Waals surface area contributed by atoms with Crippen LogP contribution in [0.1, 0.15) is 42.9 Å². The number of carbonyl (C=O) groups excluding carboxylic acids is 1. The van der Waals surface area contributed by atoms with Gasteiger partial charge in [-0.05, 0) is 55.0 Å². The Bertz CT molecular complexity index is 1630. The molecule has 3 aliphatic rings. The fourth-order valence-corrected chi connectivity index (χ4v) is 6.19. The highest BCUT2D eigenvalue weighted by Crippen LogP contribution is 2.37. The van der Waals surface area contributed by atoms with E-state index in [2.05, 4.69) is 44.7 Å². The third-order valence-electron chi connectivity index (χ3n) is 8.53. The minimum atomic E-state index is -0.568. The average molecular weight is 565 g/mol. The number of fused-ring (bicyclic) bond motifs is 2. The lowest BCUT2D eigenvalue weighted by Gasteiger charge is -2.36. The highest BCUT2D eigenvalue weighted by atomic mass is 16.3. The number of nitrogens with one attached hydrogen (secondary N) is 3. The third kappa shape index (κ3) is 5.30. The van der Waals surface area contributed by atoms with Crippen molar-refractivity contribution in [3.63, 3.8) is 0 Å². The van der Waals surface area contributed by atoms with Gasteiger partial charge in [-0.1, -0.05) is 30.3 Å². The summed E-state index contributed by atoms with van der Waals surface area (Å²) in [7, 11) is 0. The van der Waals surface area contributed by atoms with Gasteiger partial charge < -0.3 is 26.0 Å². The molecular formula is C32H36N8O2. The van der Waals surface area contributed by atoms with Gasteiger partial charge in [0.05, 0.1) is 42.3 Å². The Morgan fingerprint density at radius 2 is 2.02 bits per heavy atom. The van der Waals surface area contributed by atoms with Crippen LogP contribution in [-0.4, -0.2) is 56.0 Å². The van der Waals surface area contributed by atoms with Crippen molar-refractivity contribution in [2.45, 2.75) is 56.8 Å². The van der Waals surface area contributed by atoms with E-state index in [4.69, 9.17) is 9.97 Å². The maximum atomic E-state index is 12.5. The molecule has 0 bridgehead atoms. The molecule has 1 saturated heterocycles. The Hall–Kier alpha value is -4.44. The minimum absolute atomic E-state index is 0.0856. The van der Waals surface area contributed by atoms with Crippen LogP contribution < -0.4 is 20.9 Å². The number of benzene rings is 2. The van der Waals surface area contributed by atoms with Crippen LogP contribution in [-0.2, 0) is 17.8 Å². The van der Waals surface area contributed by atoms with Crippen molar-refractivity contribution in [1.29, 1.82) is 0 Å². The standard InChI is InChI=1S/C32H36N8O2/c1-2-13-40-26-16-23(12-11-22(26)17-34-40)36-32-33-18-27(39-14-5-7-24(19-39)35-31(42)20-9-10-20)30(38-32)37-29-25-8-4-3-6-21(25)15-28(29)41/h2-4,6,8,11-12,16-18,20,24,28-29,41H,1,5,7,9-10,13-15,19H2,(H,35,42)(H2,33,36,37,38)/t24-,28+,29-/m0/s1. The first-order chi connectivity index (χ1) is 20.6. The molecule has 2 aliphatic carbocycles. The van der Waals surface area contributed by atoms with E-state index in [-0.39, 0.29) is 23.9 Å². The van der Waals surface area contributed by atoms with Gasteiger partial charge in [0.1, 0.15) is 0 Å². The number of aromatic nitrogens is 4. The molecule has 0 unspecified atom stereocenters. The van der Waals surface area contributed by atoms with E-state index in [1.54, 1.807) is 0 Å². The van der Waals surface area contributed by atoms with Crippen molar-refractivity contribution in [2.24, 2.45) is 5.92 Å². The predicted molar refractivity (Wildman–Crippen MR) is 164 cm³/mol. The largest absolute Gasteiger partial charge is 0.390 e. The first kappa shape index (κ1) is 26.5. The zero-order valence-electron chi connectivity index (χ0n) is 23.5. The van der Waals surface area contributed by atoms with E-state index < -0.39 is 6.10 Å².